The number of aromatic nitrogens is 1. The van der Waals surface area contributed by atoms with Gasteiger partial charge in [-0.3, -0.25) is 19.3 Å². The van der Waals surface area contributed by atoms with Crippen LogP contribution in [0.4, 0.5) is 5.13 Å². The lowest BCUT2D eigenvalue weighted by Crippen LogP contribution is -2.70. The van der Waals surface area contributed by atoms with Gasteiger partial charge in [0.05, 0.1) is 0 Å². The zero-order chi connectivity index (χ0) is 20.5. The van der Waals surface area contributed by atoms with Gasteiger partial charge in [-0.15, -0.1) is 23.1 Å². The van der Waals surface area contributed by atoms with Gasteiger partial charge in [0.1, 0.15) is 28.9 Å². The quantitative estimate of drug-likeness (QED) is 0.222. The molecule has 152 valence electrons. The van der Waals surface area contributed by atoms with E-state index in [1.807, 2.05) is 0 Å². The van der Waals surface area contributed by atoms with E-state index in [4.69, 9.17) is 4.84 Å². The SMILES string of the molecule is O=CNc1nc(/C(=N/OC2CC2)C(=O)N[C@@H]2C(=O)N3C(C(=O)O)=CCS[C@H]23)cs1. The minimum atomic E-state index is -1.19. The smallest absolute Gasteiger partial charge is 0.352 e. The third-order valence-corrected chi connectivity index (χ3v) is 6.27. The van der Waals surface area contributed by atoms with Crippen molar-refractivity contribution in [3.8, 4) is 0 Å². The van der Waals surface area contributed by atoms with Crippen LogP contribution in [0.25, 0.3) is 0 Å². The minimum Gasteiger partial charge on any atom is -0.477 e. The summed E-state index contributed by atoms with van der Waals surface area (Å²) in [4.78, 5) is 57.7. The summed E-state index contributed by atoms with van der Waals surface area (Å²) >= 11 is 2.46. The number of β-lactam (4-membered cyclic amide) rings is 1. The molecule has 0 bridgehead atoms. The number of nitrogens with one attached hydrogen (secondary N) is 2. The van der Waals surface area contributed by atoms with Gasteiger partial charge in [-0.2, -0.15) is 0 Å². The monoisotopic (exact) mass is 437 g/mol. The van der Waals surface area contributed by atoms with Crippen molar-refractivity contribution < 1.29 is 29.1 Å². The minimum absolute atomic E-state index is 0.0537. The highest BCUT2D eigenvalue weighted by atomic mass is 32.2. The highest BCUT2D eigenvalue weighted by molar-refractivity contribution is 8.00. The van der Waals surface area contributed by atoms with Gasteiger partial charge in [0.25, 0.3) is 11.8 Å². The van der Waals surface area contributed by atoms with E-state index in [0.717, 1.165) is 29.1 Å². The number of nitrogens with zero attached hydrogens (tertiary/aromatic N) is 3. The maximum absolute atomic E-state index is 12.8. The lowest BCUT2D eigenvalue weighted by molar-refractivity contribution is -0.150. The Morgan fingerprint density at radius 1 is 1.41 bits per heavy atom. The van der Waals surface area contributed by atoms with Crippen LogP contribution >= 0.6 is 23.1 Å². The Hall–Kier alpha value is -2.93. The van der Waals surface area contributed by atoms with Crippen LogP contribution in [0.15, 0.2) is 22.3 Å². The molecule has 3 heterocycles. The summed E-state index contributed by atoms with van der Waals surface area (Å²) in [6.45, 7) is 0. The van der Waals surface area contributed by atoms with E-state index in [1.54, 1.807) is 0 Å². The van der Waals surface area contributed by atoms with Crippen LogP contribution in [-0.2, 0) is 24.0 Å². The number of hydrogen-bond donors (Lipinski definition) is 3. The van der Waals surface area contributed by atoms with Crippen LogP contribution in [0.5, 0.6) is 0 Å². The van der Waals surface area contributed by atoms with Gasteiger partial charge in [-0.25, -0.2) is 9.78 Å². The maximum atomic E-state index is 12.8. The van der Waals surface area contributed by atoms with Gasteiger partial charge in [0.2, 0.25) is 6.41 Å². The van der Waals surface area contributed by atoms with Crippen LogP contribution in [0.2, 0.25) is 0 Å². The first kappa shape index (κ1) is 19.4. The summed E-state index contributed by atoms with van der Waals surface area (Å²) in [5, 5.41) is 19.4. The van der Waals surface area contributed by atoms with E-state index in [9.17, 15) is 24.3 Å². The second-order valence-electron chi connectivity index (χ2n) is 6.32. The van der Waals surface area contributed by atoms with E-state index in [-0.39, 0.29) is 28.3 Å². The molecule has 0 unspecified atom stereocenters. The largest absolute Gasteiger partial charge is 0.477 e. The Bertz CT molecular complexity index is 940. The molecule has 13 heteroatoms. The third-order valence-electron chi connectivity index (χ3n) is 4.31. The normalized spacial score (nSPS) is 23.4. The Balaban J connectivity index is 1.50. The van der Waals surface area contributed by atoms with E-state index in [1.165, 1.54) is 23.2 Å². The maximum Gasteiger partial charge on any atom is 0.352 e. The van der Waals surface area contributed by atoms with E-state index in [2.05, 4.69) is 20.8 Å². The van der Waals surface area contributed by atoms with Crippen molar-refractivity contribution in [3.05, 3.63) is 22.8 Å². The lowest BCUT2D eigenvalue weighted by atomic mass is 10.0. The lowest BCUT2D eigenvalue weighted by Gasteiger charge is -2.48. The number of oxime groups is 1. The summed E-state index contributed by atoms with van der Waals surface area (Å²) in [6.07, 6.45) is 3.56. The number of carboxylic acid groups (broad SMARTS) is 1. The molecule has 2 aliphatic heterocycles. The van der Waals surface area contributed by atoms with Crippen LogP contribution in [0.1, 0.15) is 18.5 Å². The van der Waals surface area contributed by atoms with Gasteiger partial charge in [0.15, 0.2) is 10.8 Å². The third kappa shape index (κ3) is 3.82. The van der Waals surface area contributed by atoms with Crippen molar-refractivity contribution >= 4 is 58.1 Å². The molecule has 1 saturated carbocycles. The van der Waals surface area contributed by atoms with Crippen LogP contribution in [-0.4, -0.2) is 68.2 Å². The molecule has 0 spiro atoms. The van der Waals surface area contributed by atoms with Gasteiger partial charge >= 0.3 is 5.97 Å². The topological polar surface area (TPSA) is 150 Å². The second kappa shape index (κ2) is 7.83. The van der Waals surface area contributed by atoms with E-state index in [0.29, 0.717) is 12.2 Å². The molecule has 2 fully saturated rings. The number of aliphatic carboxylic acids is 1. The molecule has 1 aromatic heterocycles. The zero-order valence-electron chi connectivity index (χ0n) is 14.7. The second-order valence-corrected chi connectivity index (χ2v) is 8.33. The number of thioether (sulfide) groups is 1. The van der Waals surface area contributed by atoms with Gasteiger partial charge in [0, 0.05) is 11.1 Å². The number of rotatable bonds is 8. The van der Waals surface area contributed by atoms with E-state index >= 15 is 0 Å². The van der Waals surface area contributed by atoms with Gasteiger partial charge < -0.3 is 20.6 Å². The van der Waals surface area contributed by atoms with Crippen molar-refractivity contribution in [2.24, 2.45) is 5.16 Å². The fraction of sp³-hybridized carbons (Fsp3) is 0.375. The molecule has 3 aliphatic rings. The summed E-state index contributed by atoms with van der Waals surface area (Å²) in [6, 6.07) is -0.882. The number of amides is 3. The van der Waals surface area contributed by atoms with Crippen LogP contribution in [0, 0.1) is 0 Å². The van der Waals surface area contributed by atoms with Crippen molar-refractivity contribution in [1.29, 1.82) is 0 Å². The molecular weight excluding hydrogens is 422 g/mol. The average molecular weight is 437 g/mol. The fourth-order valence-corrected chi connectivity index (χ4v) is 4.60. The summed E-state index contributed by atoms with van der Waals surface area (Å²) in [7, 11) is 0. The molecule has 1 saturated heterocycles. The first-order chi connectivity index (χ1) is 14.0. The van der Waals surface area contributed by atoms with Crippen molar-refractivity contribution in [2.75, 3.05) is 11.1 Å². The number of carbonyl (C=O) groups is 4. The number of carboxylic acids is 1. The number of hydrogen-bond acceptors (Lipinski definition) is 9. The number of anilines is 1. The molecule has 11 nitrogen and oxygen atoms in total. The Kier molecular flexibility index (Phi) is 5.24. The summed E-state index contributed by atoms with van der Waals surface area (Å²) in [5.74, 6) is -1.95. The van der Waals surface area contributed by atoms with Gasteiger partial charge in [-0.1, -0.05) is 5.16 Å². The van der Waals surface area contributed by atoms with Gasteiger partial charge in [-0.05, 0) is 18.9 Å². The molecule has 3 amide bonds. The average Bonchev–Trinajstić information content (AvgIpc) is 3.43. The number of carbonyl (C=O) groups excluding carboxylic acids is 3. The standard InChI is InChI=1S/C16H15N5O6S2/c22-6-17-16-18-8(5-29-16)10(20-27-7-1-2-7)12(23)19-11-13(24)21-9(15(25)26)3-4-28-14(11)21/h3,5-7,11,14H,1-2,4H2,(H,19,23)(H,25,26)(H,17,18,22)/b20-10-/t11-,14-/m1/s1. The highest BCUT2D eigenvalue weighted by Gasteiger charge is 2.53. The first-order valence-electron chi connectivity index (χ1n) is 8.58. The predicted molar refractivity (Wildman–Crippen MR) is 103 cm³/mol. The van der Waals surface area contributed by atoms with Crippen LogP contribution in [0.3, 0.4) is 0 Å². The molecule has 4 rings (SSSR count). The van der Waals surface area contributed by atoms with Crippen LogP contribution < -0.4 is 10.6 Å². The van der Waals surface area contributed by atoms with E-state index < -0.39 is 29.2 Å². The van der Waals surface area contributed by atoms with Crippen molar-refractivity contribution in [3.63, 3.8) is 0 Å². The Labute approximate surface area is 172 Å². The molecule has 29 heavy (non-hydrogen) atoms. The Morgan fingerprint density at radius 2 is 2.21 bits per heavy atom. The molecule has 2 atom stereocenters. The number of thiazole rings is 1. The number of fused-ring (bicyclic) bond motifs is 1. The zero-order valence-corrected chi connectivity index (χ0v) is 16.4. The predicted octanol–water partition coefficient (Wildman–Crippen LogP) is -0.0371. The molecule has 1 aromatic rings. The Morgan fingerprint density at radius 3 is 2.90 bits per heavy atom. The fourth-order valence-electron chi connectivity index (χ4n) is 2.75. The molecule has 0 radical (unpaired) electrons. The summed E-state index contributed by atoms with van der Waals surface area (Å²) < 4.78 is 0. The van der Waals surface area contributed by atoms with Crippen molar-refractivity contribution in [1.82, 2.24) is 15.2 Å². The summed E-state index contributed by atoms with van der Waals surface area (Å²) in [5.41, 5.74) is -0.00371. The molecule has 3 N–H and O–H groups in total. The first-order valence-corrected chi connectivity index (χ1v) is 10.5. The van der Waals surface area contributed by atoms with Crippen molar-refractivity contribution in [2.45, 2.75) is 30.4 Å². The molecule has 1 aliphatic carbocycles. The highest BCUT2D eigenvalue weighted by Crippen LogP contribution is 2.37. The molecular formula is C16H15N5O6S2. The molecule has 0 aromatic carbocycles.